The van der Waals surface area contributed by atoms with E-state index in [0.29, 0.717) is 12.5 Å². The molecule has 4 heteroatoms. The van der Waals surface area contributed by atoms with Crippen molar-refractivity contribution in [2.24, 2.45) is 0 Å². The fourth-order valence-electron chi connectivity index (χ4n) is 1.61. The highest BCUT2D eigenvalue weighted by Gasteiger charge is 2.10. The van der Waals surface area contributed by atoms with Gasteiger partial charge in [0.2, 0.25) is 5.88 Å². The molecule has 0 unspecified atom stereocenters. The Morgan fingerprint density at radius 3 is 2.83 bits per heavy atom. The highest BCUT2D eigenvalue weighted by molar-refractivity contribution is 9.10. The second-order valence-electron chi connectivity index (χ2n) is 3.75. The molecular weight excluding hydrogens is 294 g/mol. The first-order valence-electron chi connectivity index (χ1n) is 5.50. The Bertz CT molecular complexity index is 529. The topological polar surface area (TPSA) is 31.4 Å². The molecule has 0 atom stereocenters. The molecule has 1 radical (unpaired) electrons. The van der Waals surface area contributed by atoms with Crippen LogP contribution in [0.15, 0.2) is 34.8 Å². The molecule has 0 aliphatic heterocycles. The Balaban J connectivity index is 2.21. The molecule has 0 saturated carbocycles. The summed E-state index contributed by atoms with van der Waals surface area (Å²) in [4.78, 5) is 4.00. The highest BCUT2D eigenvalue weighted by Crippen LogP contribution is 2.29. The fourth-order valence-corrected chi connectivity index (χ4v) is 1.98. The van der Waals surface area contributed by atoms with Gasteiger partial charge in [-0.3, -0.25) is 0 Å². The molecule has 18 heavy (non-hydrogen) atoms. The van der Waals surface area contributed by atoms with E-state index in [1.807, 2.05) is 25.1 Å². The maximum Gasteiger partial charge on any atom is 0.214 e. The SMILES string of the molecule is COc1ccc(Br)c(C)c1COc1ccc[c]n1. The first kappa shape index (κ1) is 12.9. The van der Waals surface area contributed by atoms with Crippen LogP contribution in [0.3, 0.4) is 0 Å². The zero-order chi connectivity index (χ0) is 13.0. The summed E-state index contributed by atoms with van der Waals surface area (Å²) in [5.41, 5.74) is 2.12. The van der Waals surface area contributed by atoms with Crippen molar-refractivity contribution in [3.8, 4) is 11.6 Å². The van der Waals surface area contributed by atoms with Crippen LogP contribution in [0.5, 0.6) is 11.6 Å². The van der Waals surface area contributed by atoms with Crippen LogP contribution in [0.2, 0.25) is 0 Å². The molecule has 0 N–H and O–H groups in total. The Kier molecular flexibility index (Phi) is 4.20. The lowest BCUT2D eigenvalue weighted by atomic mass is 10.1. The van der Waals surface area contributed by atoms with Gasteiger partial charge in [0, 0.05) is 16.1 Å². The van der Waals surface area contributed by atoms with Crippen LogP contribution in [-0.2, 0) is 6.61 Å². The van der Waals surface area contributed by atoms with E-state index in [1.165, 1.54) is 0 Å². The van der Waals surface area contributed by atoms with Crippen LogP contribution >= 0.6 is 15.9 Å². The second-order valence-corrected chi connectivity index (χ2v) is 4.60. The van der Waals surface area contributed by atoms with E-state index in [2.05, 4.69) is 27.1 Å². The first-order valence-corrected chi connectivity index (χ1v) is 6.29. The van der Waals surface area contributed by atoms with Crippen molar-refractivity contribution in [2.75, 3.05) is 7.11 Å². The predicted octanol–water partition coefficient (Wildman–Crippen LogP) is 3.54. The number of hydrogen-bond acceptors (Lipinski definition) is 3. The monoisotopic (exact) mass is 306 g/mol. The minimum absolute atomic E-state index is 0.416. The van der Waals surface area contributed by atoms with E-state index in [0.717, 1.165) is 21.3 Å². The zero-order valence-corrected chi connectivity index (χ0v) is 11.8. The van der Waals surface area contributed by atoms with E-state index in [9.17, 15) is 0 Å². The number of benzene rings is 1. The highest BCUT2D eigenvalue weighted by atomic mass is 79.9. The summed E-state index contributed by atoms with van der Waals surface area (Å²) in [6.07, 6.45) is 2.74. The van der Waals surface area contributed by atoms with E-state index in [-0.39, 0.29) is 0 Å². The normalized spacial score (nSPS) is 10.2. The maximum absolute atomic E-state index is 5.63. The second kappa shape index (κ2) is 5.87. The lowest BCUT2D eigenvalue weighted by Crippen LogP contribution is -2.02. The molecular formula is C14H13BrNO2. The van der Waals surface area contributed by atoms with Gasteiger partial charge >= 0.3 is 0 Å². The van der Waals surface area contributed by atoms with Gasteiger partial charge in [0.25, 0.3) is 0 Å². The lowest BCUT2D eigenvalue weighted by Gasteiger charge is -2.13. The summed E-state index contributed by atoms with van der Waals surface area (Å²) in [5.74, 6) is 1.37. The average Bonchev–Trinajstić information content (AvgIpc) is 2.41. The van der Waals surface area contributed by atoms with Gasteiger partial charge in [0.1, 0.15) is 12.4 Å². The average molecular weight is 307 g/mol. The molecule has 3 nitrogen and oxygen atoms in total. The molecule has 0 spiro atoms. The van der Waals surface area contributed by atoms with Crippen LogP contribution in [0.25, 0.3) is 0 Å². The minimum Gasteiger partial charge on any atom is -0.496 e. The number of ether oxygens (including phenoxy) is 2. The third-order valence-electron chi connectivity index (χ3n) is 2.66. The van der Waals surface area contributed by atoms with Gasteiger partial charge in [-0.05, 0) is 30.7 Å². The number of methoxy groups -OCH3 is 1. The molecule has 1 heterocycles. The number of pyridine rings is 1. The standard InChI is InChI=1S/C14H13BrNO2/c1-10-11(13(17-2)7-6-12(10)15)9-18-14-5-3-4-8-16-14/h3-7H,9H2,1-2H3. The molecule has 0 aliphatic carbocycles. The van der Waals surface area contributed by atoms with Crippen molar-refractivity contribution in [1.82, 2.24) is 4.98 Å². The Hall–Kier alpha value is -1.55. The molecule has 0 fully saturated rings. The van der Waals surface area contributed by atoms with Gasteiger partial charge in [-0.1, -0.05) is 22.0 Å². The number of aromatic nitrogens is 1. The van der Waals surface area contributed by atoms with Gasteiger partial charge in [-0.15, -0.1) is 0 Å². The Morgan fingerprint density at radius 1 is 1.33 bits per heavy atom. The number of halogens is 1. The van der Waals surface area contributed by atoms with Crippen molar-refractivity contribution in [1.29, 1.82) is 0 Å². The van der Waals surface area contributed by atoms with Crippen molar-refractivity contribution in [2.45, 2.75) is 13.5 Å². The molecule has 2 aromatic rings. The molecule has 0 amide bonds. The predicted molar refractivity (Wildman–Crippen MR) is 72.8 cm³/mol. The lowest BCUT2D eigenvalue weighted by molar-refractivity contribution is 0.284. The van der Waals surface area contributed by atoms with E-state index in [4.69, 9.17) is 9.47 Å². The molecule has 0 saturated heterocycles. The summed E-state index contributed by atoms with van der Waals surface area (Å²) >= 11 is 3.50. The fraction of sp³-hybridized carbons (Fsp3) is 0.214. The third kappa shape index (κ3) is 2.82. The first-order chi connectivity index (χ1) is 8.72. The Morgan fingerprint density at radius 2 is 2.17 bits per heavy atom. The minimum atomic E-state index is 0.416. The molecule has 93 valence electrons. The van der Waals surface area contributed by atoms with Crippen LogP contribution in [0, 0.1) is 13.1 Å². The largest absolute Gasteiger partial charge is 0.496 e. The van der Waals surface area contributed by atoms with Gasteiger partial charge < -0.3 is 9.47 Å². The maximum atomic E-state index is 5.63. The Labute approximate surface area is 115 Å². The smallest absolute Gasteiger partial charge is 0.214 e. The van der Waals surface area contributed by atoms with Crippen molar-refractivity contribution < 1.29 is 9.47 Å². The number of rotatable bonds is 4. The quantitative estimate of drug-likeness (QED) is 0.866. The number of hydrogen-bond donors (Lipinski definition) is 0. The van der Waals surface area contributed by atoms with Crippen LogP contribution in [0.1, 0.15) is 11.1 Å². The van der Waals surface area contributed by atoms with Crippen molar-refractivity contribution >= 4 is 15.9 Å². The molecule has 0 aliphatic rings. The van der Waals surface area contributed by atoms with E-state index < -0.39 is 0 Å². The van der Waals surface area contributed by atoms with Crippen molar-refractivity contribution in [3.05, 3.63) is 52.1 Å². The van der Waals surface area contributed by atoms with Crippen LogP contribution < -0.4 is 9.47 Å². The van der Waals surface area contributed by atoms with Crippen molar-refractivity contribution in [3.63, 3.8) is 0 Å². The van der Waals surface area contributed by atoms with Gasteiger partial charge in [0.05, 0.1) is 13.3 Å². The summed E-state index contributed by atoms with van der Waals surface area (Å²) in [7, 11) is 1.65. The zero-order valence-electron chi connectivity index (χ0n) is 10.2. The van der Waals surface area contributed by atoms with Crippen LogP contribution in [0.4, 0.5) is 0 Å². The van der Waals surface area contributed by atoms with Gasteiger partial charge in [-0.25, -0.2) is 4.98 Å². The number of nitrogens with zero attached hydrogens (tertiary/aromatic N) is 1. The van der Waals surface area contributed by atoms with E-state index in [1.54, 1.807) is 19.2 Å². The van der Waals surface area contributed by atoms with Crippen LogP contribution in [-0.4, -0.2) is 12.1 Å². The molecule has 1 aromatic heterocycles. The summed E-state index contributed by atoms with van der Waals surface area (Å²) in [5, 5.41) is 0. The third-order valence-corrected chi connectivity index (χ3v) is 3.52. The molecule has 0 bridgehead atoms. The molecule has 1 aromatic carbocycles. The summed E-state index contributed by atoms with van der Waals surface area (Å²) in [6, 6.07) is 9.26. The van der Waals surface area contributed by atoms with Gasteiger partial charge in [-0.2, -0.15) is 0 Å². The molecule has 2 rings (SSSR count). The van der Waals surface area contributed by atoms with E-state index >= 15 is 0 Å². The summed E-state index contributed by atoms with van der Waals surface area (Å²) < 4.78 is 12.0. The van der Waals surface area contributed by atoms with Gasteiger partial charge in [0.15, 0.2) is 0 Å². The summed E-state index contributed by atoms with van der Waals surface area (Å²) in [6.45, 7) is 2.44.